The number of benzene rings is 2. The van der Waals surface area contributed by atoms with Gasteiger partial charge in [0.05, 0.1) is 0 Å². The van der Waals surface area contributed by atoms with Crippen molar-refractivity contribution in [1.82, 2.24) is 10.2 Å². The van der Waals surface area contributed by atoms with Crippen molar-refractivity contribution in [1.29, 1.82) is 0 Å². The Morgan fingerprint density at radius 1 is 1.04 bits per heavy atom. The number of hydrogen-bond donors (Lipinski definition) is 1. The van der Waals surface area contributed by atoms with Crippen LogP contribution >= 0.6 is 11.6 Å². The molecule has 0 heterocycles. The SMILES string of the molecule is CCN(Cc1ccccc1)C(=O)[C@@H](NC(=O)c1ccc(Cl)cc1)C(C)C. The molecule has 5 heteroatoms. The minimum atomic E-state index is -0.582. The van der Waals surface area contributed by atoms with Gasteiger partial charge in [-0.05, 0) is 42.7 Å². The van der Waals surface area contributed by atoms with Crippen molar-refractivity contribution >= 4 is 23.4 Å². The van der Waals surface area contributed by atoms with Crippen LogP contribution in [0.5, 0.6) is 0 Å². The number of hydrogen-bond acceptors (Lipinski definition) is 2. The van der Waals surface area contributed by atoms with Crippen LogP contribution in [0.15, 0.2) is 54.6 Å². The van der Waals surface area contributed by atoms with Gasteiger partial charge in [-0.3, -0.25) is 9.59 Å². The van der Waals surface area contributed by atoms with Crippen LogP contribution in [0.3, 0.4) is 0 Å². The average molecular weight is 373 g/mol. The van der Waals surface area contributed by atoms with Crippen molar-refractivity contribution in [3.05, 3.63) is 70.7 Å². The lowest BCUT2D eigenvalue weighted by molar-refractivity contribution is -0.134. The van der Waals surface area contributed by atoms with Crippen LogP contribution < -0.4 is 5.32 Å². The minimum Gasteiger partial charge on any atom is -0.340 e. The van der Waals surface area contributed by atoms with Crippen LogP contribution in [0.25, 0.3) is 0 Å². The van der Waals surface area contributed by atoms with Gasteiger partial charge in [0, 0.05) is 23.7 Å². The van der Waals surface area contributed by atoms with Crippen molar-refractivity contribution in [2.75, 3.05) is 6.54 Å². The predicted octanol–water partition coefficient (Wildman–Crippen LogP) is 4.14. The molecule has 0 radical (unpaired) electrons. The number of nitrogens with zero attached hydrogens (tertiary/aromatic N) is 1. The number of nitrogens with one attached hydrogen (secondary N) is 1. The van der Waals surface area contributed by atoms with Gasteiger partial charge < -0.3 is 10.2 Å². The fraction of sp³-hybridized carbons (Fsp3) is 0.333. The molecule has 26 heavy (non-hydrogen) atoms. The third kappa shape index (κ3) is 5.33. The molecule has 2 rings (SSSR count). The van der Waals surface area contributed by atoms with Crippen LogP contribution in [0.2, 0.25) is 5.02 Å². The topological polar surface area (TPSA) is 49.4 Å². The first-order chi connectivity index (χ1) is 12.4. The molecule has 138 valence electrons. The lowest BCUT2D eigenvalue weighted by atomic mass is 10.0. The van der Waals surface area contributed by atoms with Gasteiger partial charge in [0.1, 0.15) is 6.04 Å². The summed E-state index contributed by atoms with van der Waals surface area (Å²) in [7, 11) is 0. The smallest absolute Gasteiger partial charge is 0.251 e. The maximum atomic E-state index is 13.0. The van der Waals surface area contributed by atoms with Crippen molar-refractivity contribution in [3.8, 4) is 0 Å². The maximum Gasteiger partial charge on any atom is 0.251 e. The second-order valence-corrected chi connectivity index (χ2v) is 6.98. The summed E-state index contributed by atoms with van der Waals surface area (Å²) in [4.78, 5) is 27.3. The van der Waals surface area contributed by atoms with Crippen LogP contribution in [-0.2, 0) is 11.3 Å². The zero-order valence-electron chi connectivity index (χ0n) is 15.4. The molecular weight excluding hydrogens is 348 g/mol. The van der Waals surface area contributed by atoms with E-state index in [0.29, 0.717) is 23.7 Å². The van der Waals surface area contributed by atoms with Crippen LogP contribution in [0.4, 0.5) is 0 Å². The Balaban J connectivity index is 2.12. The fourth-order valence-corrected chi connectivity index (χ4v) is 2.81. The third-order valence-electron chi connectivity index (χ3n) is 4.24. The Bertz CT molecular complexity index is 729. The Hall–Kier alpha value is -2.33. The molecule has 0 unspecified atom stereocenters. The first-order valence-electron chi connectivity index (χ1n) is 8.81. The second-order valence-electron chi connectivity index (χ2n) is 6.54. The quantitative estimate of drug-likeness (QED) is 0.793. The average Bonchev–Trinajstić information content (AvgIpc) is 2.64. The Morgan fingerprint density at radius 3 is 2.19 bits per heavy atom. The van der Waals surface area contributed by atoms with E-state index in [2.05, 4.69) is 5.32 Å². The molecule has 0 aliphatic heterocycles. The van der Waals surface area contributed by atoms with Gasteiger partial charge in [-0.25, -0.2) is 0 Å². The van der Waals surface area contributed by atoms with E-state index in [4.69, 9.17) is 11.6 Å². The normalized spacial score (nSPS) is 11.9. The molecule has 2 aromatic carbocycles. The van der Waals surface area contributed by atoms with Crippen LogP contribution in [0.1, 0.15) is 36.7 Å². The summed E-state index contributed by atoms with van der Waals surface area (Å²) < 4.78 is 0. The van der Waals surface area contributed by atoms with Crippen LogP contribution in [-0.4, -0.2) is 29.3 Å². The number of likely N-dealkylation sites (N-methyl/N-ethyl adjacent to an activating group) is 1. The Morgan fingerprint density at radius 2 is 1.65 bits per heavy atom. The summed E-state index contributed by atoms with van der Waals surface area (Å²) in [5, 5.41) is 3.45. The highest BCUT2D eigenvalue weighted by Gasteiger charge is 2.28. The molecule has 1 N–H and O–H groups in total. The zero-order valence-corrected chi connectivity index (χ0v) is 16.2. The molecule has 0 spiro atoms. The standard InChI is InChI=1S/C21H25ClN2O2/c1-4-24(14-16-8-6-5-7-9-16)21(26)19(15(2)3)23-20(25)17-10-12-18(22)13-11-17/h5-13,15,19H,4,14H2,1-3H3,(H,23,25)/t19-/m0/s1. The largest absolute Gasteiger partial charge is 0.340 e. The van der Waals surface area contributed by atoms with Gasteiger partial charge >= 0.3 is 0 Å². The van der Waals surface area contributed by atoms with E-state index in [-0.39, 0.29) is 17.7 Å². The van der Waals surface area contributed by atoms with Gasteiger partial charge in [0.25, 0.3) is 5.91 Å². The van der Waals surface area contributed by atoms with Gasteiger partial charge in [-0.1, -0.05) is 55.8 Å². The highest BCUT2D eigenvalue weighted by atomic mass is 35.5. The summed E-state index contributed by atoms with van der Waals surface area (Å²) in [5.41, 5.74) is 1.55. The minimum absolute atomic E-state index is 0.0245. The molecule has 0 saturated carbocycles. The molecule has 0 fully saturated rings. The Labute approximate surface area is 160 Å². The first-order valence-corrected chi connectivity index (χ1v) is 9.19. The predicted molar refractivity (Wildman–Crippen MR) is 105 cm³/mol. The van der Waals surface area contributed by atoms with E-state index >= 15 is 0 Å². The van der Waals surface area contributed by atoms with Gasteiger partial charge in [0.2, 0.25) is 5.91 Å². The summed E-state index contributed by atoms with van der Waals surface area (Å²) >= 11 is 5.87. The van der Waals surface area contributed by atoms with Gasteiger partial charge in [0.15, 0.2) is 0 Å². The van der Waals surface area contributed by atoms with E-state index in [1.165, 1.54) is 0 Å². The molecule has 0 bridgehead atoms. The number of carbonyl (C=O) groups excluding carboxylic acids is 2. The van der Waals surface area contributed by atoms with E-state index in [9.17, 15) is 9.59 Å². The molecule has 0 aliphatic rings. The van der Waals surface area contributed by atoms with Crippen molar-refractivity contribution in [3.63, 3.8) is 0 Å². The number of rotatable bonds is 7. The van der Waals surface area contributed by atoms with E-state index in [1.807, 2.05) is 51.1 Å². The molecule has 2 aromatic rings. The van der Waals surface area contributed by atoms with Gasteiger partial charge in [-0.2, -0.15) is 0 Å². The summed E-state index contributed by atoms with van der Waals surface area (Å²) in [6.45, 7) is 6.91. The van der Waals surface area contributed by atoms with Crippen molar-refractivity contribution in [2.24, 2.45) is 5.92 Å². The fourth-order valence-electron chi connectivity index (χ4n) is 2.69. The number of amides is 2. The molecule has 4 nitrogen and oxygen atoms in total. The van der Waals surface area contributed by atoms with E-state index in [1.54, 1.807) is 29.2 Å². The third-order valence-corrected chi connectivity index (χ3v) is 4.49. The monoisotopic (exact) mass is 372 g/mol. The van der Waals surface area contributed by atoms with Crippen LogP contribution in [0, 0.1) is 5.92 Å². The summed E-state index contributed by atoms with van der Waals surface area (Å²) in [6.07, 6.45) is 0. The summed E-state index contributed by atoms with van der Waals surface area (Å²) in [5.74, 6) is -0.373. The second kappa shape index (κ2) is 9.39. The number of halogens is 1. The van der Waals surface area contributed by atoms with Crippen molar-refractivity contribution in [2.45, 2.75) is 33.4 Å². The molecule has 2 amide bonds. The zero-order chi connectivity index (χ0) is 19.1. The molecule has 1 atom stereocenters. The lowest BCUT2D eigenvalue weighted by Crippen LogP contribution is -2.51. The number of carbonyl (C=O) groups is 2. The van der Waals surface area contributed by atoms with Crippen molar-refractivity contribution < 1.29 is 9.59 Å². The maximum absolute atomic E-state index is 13.0. The first kappa shape index (κ1) is 20.0. The van der Waals surface area contributed by atoms with Gasteiger partial charge in [-0.15, -0.1) is 0 Å². The van der Waals surface area contributed by atoms with E-state index in [0.717, 1.165) is 5.56 Å². The highest BCUT2D eigenvalue weighted by molar-refractivity contribution is 6.30. The molecule has 0 aliphatic carbocycles. The Kier molecular flexibility index (Phi) is 7.22. The lowest BCUT2D eigenvalue weighted by Gasteiger charge is -2.29. The molecule has 0 saturated heterocycles. The van der Waals surface area contributed by atoms with E-state index < -0.39 is 6.04 Å². The summed E-state index contributed by atoms with van der Waals surface area (Å²) in [6, 6.07) is 15.9. The highest BCUT2D eigenvalue weighted by Crippen LogP contribution is 2.13. The molecular formula is C21H25ClN2O2. The molecule has 0 aromatic heterocycles.